The van der Waals surface area contributed by atoms with Crippen LogP contribution in [-0.4, -0.2) is 6.61 Å². The average molecular weight is 161 g/mol. The first kappa shape index (κ1) is 7.22. The van der Waals surface area contributed by atoms with Crippen molar-refractivity contribution in [3.63, 3.8) is 0 Å². The molecule has 1 heterocycles. The molecule has 0 aliphatic heterocycles. The zero-order valence-electron chi connectivity index (χ0n) is 6.83. The summed E-state index contributed by atoms with van der Waals surface area (Å²) in [5.41, 5.74) is 0. The average Bonchev–Trinajstić information content (AvgIpc) is 2.51. The highest BCUT2D eigenvalue weighted by molar-refractivity contribution is 5.81. The lowest BCUT2D eigenvalue weighted by Crippen LogP contribution is -1.89. The molecule has 2 rings (SSSR count). The first-order valence-electron chi connectivity index (χ1n) is 3.92. The highest BCUT2D eigenvalue weighted by atomic mass is 16.5. The van der Waals surface area contributed by atoms with Gasteiger partial charge in [-0.3, -0.25) is 0 Å². The molecule has 0 aliphatic carbocycles. The van der Waals surface area contributed by atoms with Crippen LogP contribution >= 0.6 is 0 Å². The van der Waals surface area contributed by atoms with Gasteiger partial charge in [-0.2, -0.15) is 0 Å². The second-order valence-corrected chi connectivity index (χ2v) is 2.52. The van der Waals surface area contributed by atoms with Crippen molar-refractivity contribution in [2.75, 3.05) is 6.61 Å². The third kappa shape index (κ3) is 1.16. The molecule has 2 nitrogen and oxygen atoms in total. The lowest BCUT2D eigenvalue weighted by Gasteiger charge is -2.00. The van der Waals surface area contributed by atoms with Crippen molar-refractivity contribution in [1.82, 2.24) is 0 Å². The first-order valence-corrected chi connectivity index (χ1v) is 3.92. The van der Waals surface area contributed by atoms with E-state index in [1.165, 1.54) is 0 Å². The molecule has 0 unspecified atom stereocenters. The van der Waals surface area contributed by atoms with Crippen molar-refractivity contribution < 1.29 is 9.15 Å². The van der Waals surface area contributed by atoms with Crippen LogP contribution in [0.2, 0.25) is 0 Å². The SMILES string of the molecule is CCOc1ccc2[c]occ2c1. The fraction of sp³-hybridized carbons (Fsp3) is 0.200. The van der Waals surface area contributed by atoms with Crippen molar-refractivity contribution >= 4 is 10.8 Å². The molecular weight excluding hydrogens is 152 g/mol. The van der Waals surface area contributed by atoms with Crippen LogP contribution in [0.5, 0.6) is 5.75 Å². The maximum Gasteiger partial charge on any atom is 0.177 e. The van der Waals surface area contributed by atoms with Crippen LogP contribution < -0.4 is 4.74 Å². The molecule has 0 bridgehead atoms. The van der Waals surface area contributed by atoms with Gasteiger partial charge in [0.2, 0.25) is 0 Å². The van der Waals surface area contributed by atoms with E-state index in [1.54, 1.807) is 6.26 Å². The zero-order valence-corrected chi connectivity index (χ0v) is 6.83. The minimum absolute atomic E-state index is 0.688. The first-order chi connectivity index (χ1) is 5.90. The Labute approximate surface area is 70.8 Å². The van der Waals surface area contributed by atoms with Crippen molar-refractivity contribution in [2.24, 2.45) is 0 Å². The van der Waals surface area contributed by atoms with Crippen LogP contribution in [0, 0.1) is 6.26 Å². The number of rotatable bonds is 2. The summed E-state index contributed by atoms with van der Waals surface area (Å²) in [6, 6.07) is 5.79. The van der Waals surface area contributed by atoms with E-state index in [0.717, 1.165) is 16.5 Å². The smallest absolute Gasteiger partial charge is 0.177 e. The summed E-state index contributed by atoms with van der Waals surface area (Å²) in [4.78, 5) is 0. The quantitative estimate of drug-likeness (QED) is 0.675. The molecule has 0 saturated heterocycles. The van der Waals surface area contributed by atoms with Gasteiger partial charge in [0.05, 0.1) is 12.9 Å². The Morgan fingerprint density at radius 1 is 1.50 bits per heavy atom. The zero-order chi connectivity index (χ0) is 8.39. The second kappa shape index (κ2) is 2.89. The maximum absolute atomic E-state index is 5.33. The van der Waals surface area contributed by atoms with Gasteiger partial charge in [-0.1, -0.05) is 0 Å². The lowest BCUT2D eigenvalue weighted by molar-refractivity contribution is 0.341. The summed E-state index contributed by atoms with van der Waals surface area (Å²) in [5, 5.41) is 2.01. The van der Waals surface area contributed by atoms with Crippen molar-refractivity contribution in [3.8, 4) is 5.75 Å². The summed E-state index contributed by atoms with van der Waals surface area (Å²) >= 11 is 0. The fourth-order valence-corrected chi connectivity index (χ4v) is 1.14. The number of ether oxygens (including phenoxy) is 1. The highest BCUT2D eigenvalue weighted by Gasteiger charge is 1.98. The number of furan rings is 1. The van der Waals surface area contributed by atoms with Crippen molar-refractivity contribution in [1.29, 1.82) is 0 Å². The summed E-state index contributed by atoms with van der Waals surface area (Å²) < 4.78 is 10.2. The van der Waals surface area contributed by atoms with Gasteiger partial charge in [0.25, 0.3) is 0 Å². The Morgan fingerprint density at radius 3 is 3.25 bits per heavy atom. The second-order valence-electron chi connectivity index (χ2n) is 2.52. The topological polar surface area (TPSA) is 22.4 Å². The monoisotopic (exact) mass is 161 g/mol. The Balaban J connectivity index is 2.46. The summed E-state index contributed by atoms with van der Waals surface area (Å²) in [6.45, 7) is 2.65. The molecule has 0 aliphatic rings. The van der Waals surface area contributed by atoms with E-state index < -0.39 is 0 Å². The third-order valence-electron chi connectivity index (χ3n) is 1.69. The predicted octanol–water partition coefficient (Wildman–Crippen LogP) is 2.63. The van der Waals surface area contributed by atoms with Crippen LogP contribution in [0.3, 0.4) is 0 Å². The van der Waals surface area contributed by atoms with Gasteiger partial charge in [0.15, 0.2) is 6.26 Å². The van der Waals surface area contributed by atoms with E-state index in [2.05, 4.69) is 6.26 Å². The molecule has 0 atom stereocenters. The fourth-order valence-electron chi connectivity index (χ4n) is 1.14. The van der Waals surface area contributed by atoms with E-state index in [4.69, 9.17) is 9.15 Å². The number of benzene rings is 1. The summed E-state index contributed by atoms with van der Waals surface area (Å²) in [7, 11) is 0. The van der Waals surface area contributed by atoms with Gasteiger partial charge in [0, 0.05) is 10.8 Å². The third-order valence-corrected chi connectivity index (χ3v) is 1.69. The van der Waals surface area contributed by atoms with Crippen LogP contribution in [0.1, 0.15) is 6.92 Å². The molecular formula is C10H9O2. The Hall–Kier alpha value is -1.44. The minimum Gasteiger partial charge on any atom is -0.494 e. The molecule has 0 fully saturated rings. The minimum atomic E-state index is 0.688. The van der Waals surface area contributed by atoms with Gasteiger partial charge >= 0.3 is 0 Å². The lowest BCUT2D eigenvalue weighted by atomic mass is 10.2. The number of fused-ring (bicyclic) bond motifs is 1. The van der Waals surface area contributed by atoms with Crippen LogP contribution in [0.25, 0.3) is 10.8 Å². The number of hydrogen-bond donors (Lipinski definition) is 0. The molecule has 1 radical (unpaired) electrons. The molecule has 0 saturated carbocycles. The van der Waals surface area contributed by atoms with Crippen LogP contribution in [0.15, 0.2) is 28.9 Å². The molecule has 0 N–H and O–H groups in total. The van der Waals surface area contributed by atoms with Gasteiger partial charge in [-0.25, -0.2) is 0 Å². The standard InChI is InChI=1S/C10H9O2/c1-2-12-10-4-3-8-6-11-7-9(8)5-10/h3-5,7H,2H2,1H3. The van der Waals surface area contributed by atoms with Gasteiger partial charge < -0.3 is 9.15 Å². The van der Waals surface area contributed by atoms with Gasteiger partial charge in [0.1, 0.15) is 5.75 Å². The van der Waals surface area contributed by atoms with Gasteiger partial charge in [-0.05, 0) is 25.1 Å². The molecule has 61 valence electrons. The molecule has 1 aromatic heterocycles. The Morgan fingerprint density at radius 2 is 2.42 bits per heavy atom. The number of hydrogen-bond acceptors (Lipinski definition) is 2. The Bertz CT molecular complexity index is 376. The highest BCUT2D eigenvalue weighted by Crippen LogP contribution is 2.20. The van der Waals surface area contributed by atoms with E-state index in [1.807, 2.05) is 25.1 Å². The van der Waals surface area contributed by atoms with Crippen LogP contribution in [-0.2, 0) is 0 Å². The maximum atomic E-state index is 5.33. The molecule has 12 heavy (non-hydrogen) atoms. The largest absolute Gasteiger partial charge is 0.494 e. The molecule has 0 spiro atoms. The summed E-state index contributed by atoms with van der Waals surface area (Å²) in [6.07, 6.45) is 4.42. The summed E-state index contributed by atoms with van der Waals surface area (Å²) in [5.74, 6) is 0.875. The molecule has 2 heteroatoms. The molecule has 2 aromatic rings. The normalized spacial score (nSPS) is 10.4. The molecule has 1 aromatic carbocycles. The van der Waals surface area contributed by atoms with Crippen molar-refractivity contribution in [3.05, 3.63) is 30.7 Å². The Kier molecular flexibility index (Phi) is 1.74. The van der Waals surface area contributed by atoms with E-state index in [0.29, 0.717) is 6.61 Å². The molecule has 0 amide bonds. The van der Waals surface area contributed by atoms with Gasteiger partial charge in [-0.15, -0.1) is 0 Å². The van der Waals surface area contributed by atoms with E-state index in [9.17, 15) is 0 Å². The van der Waals surface area contributed by atoms with E-state index >= 15 is 0 Å². The van der Waals surface area contributed by atoms with Crippen LogP contribution in [0.4, 0.5) is 0 Å². The predicted molar refractivity (Wildman–Crippen MR) is 46.2 cm³/mol. The van der Waals surface area contributed by atoms with E-state index in [-0.39, 0.29) is 0 Å². The van der Waals surface area contributed by atoms with Crippen molar-refractivity contribution in [2.45, 2.75) is 6.92 Å².